The minimum absolute atomic E-state index is 0.0706. The van der Waals surface area contributed by atoms with Gasteiger partial charge in [0.05, 0.1) is 27.1 Å². The molecule has 118 valence electrons. The zero-order valence-electron chi connectivity index (χ0n) is 12.0. The quantitative estimate of drug-likeness (QED) is 0.497. The third-order valence-electron chi connectivity index (χ3n) is 3.02. The number of hydrogen-bond acceptors (Lipinski definition) is 7. The molecule has 0 aromatic heterocycles. The van der Waals surface area contributed by atoms with Crippen LogP contribution in [0.4, 0.5) is 22.7 Å². The molecule has 0 aliphatic heterocycles. The number of sulfone groups is 1. The number of nitrogens with zero attached hydrogens (tertiary/aromatic N) is 2. The molecule has 0 saturated carbocycles. The Kier molecular flexibility index (Phi) is 4.20. The average Bonchev–Trinajstić information content (AvgIpc) is 2.48. The van der Waals surface area contributed by atoms with Crippen molar-refractivity contribution in [2.75, 3.05) is 17.3 Å². The minimum atomic E-state index is -3.53. The number of hydrogen-bond donors (Lipinski definition) is 2. The van der Waals surface area contributed by atoms with E-state index in [9.17, 15) is 18.5 Å². The van der Waals surface area contributed by atoms with Crippen LogP contribution in [0, 0.1) is 21.4 Å². The van der Waals surface area contributed by atoms with Crippen molar-refractivity contribution < 1.29 is 13.3 Å². The second kappa shape index (κ2) is 5.94. The summed E-state index contributed by atoms with van der Waals surface area (Å²) in [7, 11) is -3.53. The van der Waals surface area contributed by atoms with Gasteiger partial charge in [0.2, 0.25) is 0 Å². The van der Waals surface area contributed by atoms with E-state index >= 15 is 0 Å². The van der Waals surface area contributed by atoms with E-state index < -0.39 is 14.8 Å². The number of benzene rings is 2. The highest BCUT2D eigenvalue weighted by atomic mass is 32.2. The summed E-state index contributed by atoms with van der Waals surface area (Å²) in [5, 5.41) is 22.7. The molecule has 0 aliphatic rings. The van der Waals surface area contributed by atoms with Gasteiger partial charge in [-0.25, -0.2) is 8.42 Å². The molecule has 0 fully saturated rings. The lowest BCUT2D eigenvalue weighted by atomic mass is 10.2. The summed E-state index contributed by atoms with van der Waals surface area (Å²) in [4.78, 5) is 10.4. The predicted octanol–water partition coefficient (Wildman–Crippen LogP) is 2.20. The number of anilines is 3. The first-order chi connectivity index (χ1) is 10.7. The zero-order valence-corrected chi connectivity index (χ0v) is 12.8. The van der Waals surface area contributed by atoms with Gasteiger partial charge in [-0.05, 0) is 30.3 Å². The SMILES string of the molecule is CS(=O)(=O)c1cc(Nc2ccc(C#N)cc2[N+](=O)[O-])ccc1N. The summed E-state index contributed by atoms with van der Waals surface area (Å²) in [6.07, 6.45) is 1.02. The van der Waals surface area contributed by atoms with Crippen LogP contribution in [-0.2, 0) is 9.84 Å². The van der Waals surface area contributed by atoms with Crippen LogP contribution in [0.15, 0.2) is 41.3 Å². The number of nitriles is 1. The van der Waals surface area contributed by atoms with E-state index in [0.29, 0.717) is 5.69 Å². The molecule has 3 N–H and O–H groups in total. The largest absolute Gasteiger partial charge is 0.398 e. The fourth-order valence-electron chi connectivity index (χ4n) is 1.95. The highest BCUT2D eigenvalue weighted by Gasteiger charge is 2.17. The monoisotopic (exact) mass is 332 g/mol. The van der Waals surface area contributed by atoms with Gasteiger partial charge in [0, 0.05) is 18.0 Å². The van der Waals surface area contributed by atoms with Crippen molar-refractivity contribution >= 4 is 32.6 Å². The number of nitro benzene ring substituents is 1. The van der Waals surface area contributed by atoms with Crippen molar-refractivity contribution in [3.05, 3.63) is 52.1 Å². The molecular weight excluding hydrogens is 320 g/mol. The van der Waals surface area contributed by atoms with Crippen LogP contribution < -0.4 is 11.1 Å². The van der Waals surface area contributed by atoms with Crippen molar-refractivity contribution in [2.24, 2.45) is 0 Å². The minimum Gasteiger partial charge on any atom is -0.398 e. The van der Waals surface area contributed by atoms with Crippen molar-refractivity contribution in [3.8, 4) is 6.07 Å². The van der Waals surface area contributed by atoms with Crippen LogP contribution in [0.3, 0.4) is 0 Å². The molecule has 0 amide bonds. The lowest BCUT2D eigenvalue weighted by Gasteiger charge is -2.10. The number of nitrogen functional groups attached to an aromatic ring is 1. The van der Waals surface area contributed by atoms with E-state index in [-0.39, 0.29) is 27.5 Å². The van der Waals surface area contributed by atoms with E-state index in [2.05, 4.69) is 5.32 Å². The molecule has 2 rings (SSSR count). The van der Waals surface area contributed by atoms with Crippen LogP contribution in [0.1, 0.15) is 5.56 Å². The van der Waals surface area contributed by atoms with Crippen molar-refractivity contribution in [3.63, 3.8) is 0 Å². The smallest absolute Gasteiger partial charge is 0.293 e. The van der Waals surface area contributed by atoms with Crippen LogP contribution in [0.25, 0.3) is 0 Å². The van der Waals surface area contributed by atoms with E-state index in [4.69, 9.17) is 11.0 Å². The first-order valence-electron chi connectivity index (χ1n) is 6.27. The molecule has 2 aromatic rings. The molecule has 9 heteroatoms. The molecule has 0 aliphatic carbocycles. The standard InChI is InChI=1S/C14H12N4O4S/c1-23(21,22)14-7-10(3-4-11(14)16)17-12-5-2-9(8-15)6-13(12)18(19)20/h2-7,17H,16H2,1H3. The van der Waals surface area contributed by atoms with E-state index in [1.165, 1.54) is 30.3 Å². The van der Waals surface area contributed by atoms with Crippen LogP contribution in [0.5, 0.6) is 0 Å². The van der Waals surface area contributed by atoms with Gasteiger partial charge in [-0.1, -0.05) is 0 Å². The number of rotatable bonds is 4. The maximum Gasteiger partial charge on any atom is 0.293 e. The first kappa shape index (κ1) is 16.3. The molecule has 0 heterocycles. The molecule has 0 spiro atoms. The average molecular weight is 332 g/mol. The highest BCUT2D eigenvalue weighted by molar-refractivity contribution is 7.90. The normalized spacial score (nSPS) is 10.8. The Morgan fingerprint density at radius 3 is 2.52 bits per heavy atom. The maximum atomic E-state index is 11.7. The third-order valence-corrected chi connectivity index (χ3v) is 4.17. The third kappa shape index (κ3) is 3.56. The van der Waals surface area contributed by atoms with Gasteiger partial charge >= 0.3 is 0 Å². The molecule has 8 nitrogen and oxygen atoms in total. The van der Waals surface area contributed by atoms with E-state index in [0.717, 1.165) is 12.3 Å². The van der Waals surface area contributed by atoms with Crippen LogP contribution in [0.2, 0.25) is 0 Å². The van der Waals surface area contributed by atoms with Crippen LogP contribution in [-0.4, -0.2) is 19.6 Å². The first-order valence-corrected chi connectivity index (χ1v) is 8.16. The Labute approximate surface area is 132 Å². The summed E-state index contributed by atoms with van der Waals surface area (Å²) in [6.45, 7) is 0. The number of nitro groups is 1. The topological polar surface area (TPSA) is 139 Å². The van der Waals surface area contributed by atoms with Gasteiger partial charge in [-0.15, -0.1) is 0 Å². The summed E-state index contributed by atoms with van der Waals surface area (Å²) in [6, 6.07) is 9.96. The summed E-state index contributed by atoms with van der Waals surface area (Å²) < 4.78 is 23.3. The second-order valence-corrected chi connectivity index (χ2v) is 6.73. The zero-order chi connectivity index (χ0) is 17.2. The van der Waals surface area contributed by atoms with Gasteiger partial charge in [0.25, 0.3) is 5.69 Å². The molecule has 0 unspecified atom stereocenters. The molecule has 2 aromatic carbocycles. The maximum absolute atomic E-state index is 11.7. The molecule has 0 bridgehead atoms. The fraction of sp³-hybridized carbons (Fsp3) is 0.0714. The van der Waals surface area contributed by atoms with Crippen molar-refractivity contribution in [2.45, 2.75) is 4.90 Å². The van der Waals surface area contributed by atoms with E-state index in [1.54, 1.807) is 0 Å². The molecule has 0 saturated heterocycles. The van der Waals surface area contributed by atoms with Crippen molar-refractivity contribution in [1.29, 1.82) is 5.26 Å². The summed E-state index contributed by atoms with van der Waals surface area (Å²) in [5.74, 6) is 0. The second-order valence-electron chi connectivity index (χ2n) is 4.75. The Bertz CT molecular complexity index is 932. The van der Waals surface area contributed by atoms with Gasteiger partial charge in [-0.3, -0.25) is 10.1 Å². The van der Waals surface area contributed by atoms with E-state index in [1.807, 2.05) is 6.07 Å². The molecule has 0 radical (unpaired) electrons. The Morgan fingerprint density at radius 2 is 1.96 bits per heavy atom. The molecule has 23 heavy (non-hydrogen) atoms. The summed E-state index contributed by atoms with van der Waals surface area (Å²) in [5.41, 5.74) is 6.05. The Balaban J connectivity index is 2.48. The molecular formula is C14H12N4O4S. The fourth-order valence-corrected chi connectivity index (χ4v) is 2.78. The van der Waals surface area contributed by atoms with Gasteiger partial charge in [-0.2, -0.15) is 5.26 Å². The van der Waals surface area contributed by atoms with Gasteiger partial charge < -0.3 is 11.1 Å². The van der Waals surface area contributed by atoms with Gasteiger partial charge in [0.15, 0.2) is 9.84 Å². The van der Waals surface area contributed by atoms with Crippen LogP contribution >= 0.6 is 0 Å². The number of nitrogens with two attached hydrogens (primary N) is 1. The van der Waals surface area contributed by atoms with Gasteiger partial charge in [0.1, 0.15) is 5.69 Å². The van der Waals surface area contributed by atoms with Crippen molar-refractivity contribution in [1.82, 2.24) is 0 Å². The highest BCUT2D eigenvalue weighted by Crippen LogP contribution is 2.30. The number of nitrogens with one attached hydrogen (secondary N) is 1. The lowest BCUT2D eigenvalue weighted by molar-refractivity contribution is -0.383. The Hall–Kier alpha value is -3.12. The lowest BCUT2D eigenvalue weighted by Crippen LogP contribution is -2.04. The predicted molar refractivity (Wildman–Crippen MR) is 85.1 cm³/mol. The molecule has 0 atom stereocenters. The summed E-state index contributed by atoms with van der Waals surface area (Å²) >= 11 is 0. The Morgan fingerprint density at radius 1 is 1.26 bits per heavy atom.